The van der Waals surface area contributed by atoms with E-state index in [1.165, 1.54) is 6.07 Å². The third kappa shape index (κ3) is 3.10. The fourth-order valence-corrected chi connectivity index (χ4v) is 2.14. The number of nitrogen functional groups attached to an aromatic ring is 1. The molecule has 0 saturated heterocycles. The Hall–Kier alpha value is -0.820. The first-order valence-electron chi connectivity index (χ1n) is 4.74. The van der Waals surface area contributed by atoms with E-state index in [1.54, 1.807) is 24.3 Å². The Bertz CT molecular complexity index is 562. The van der Waals surface area contributed by atoms with Gasteiger partial charge in [-0.15, -0.1) is 0 Å². The molecule has 0 unspecified atom stereocenters. The van der Waals surface area contributed by atoms with Crippen molar-refractivity contribution in [2.45, 2.75) is 0 Å². The van der Waals surface area contributed by atoms with E-state index in [0.29, 0.717) is 11.4 Å². The quantitative estimate of drug-likeness (QED) is 0.584. The van der Waals surface area contributed by atoms with Gasteiger partial charge in [-0.2, -0.15) is 0 Å². The van der Waals surface area contributed by atoms with E-state index in [4.69, 9.17) is 10.5 Å². The zero-order chi connectivity index (χ0) is 12.4. The fourth-order valence-electron chi connectivity index (χ4n) is 1.29. The lowest BCUT2D eigenvalue weighted by atomic mass is 10.3. The third-order valence-corrected chi connectivity index (χ3v) is 3.25. The molecule has 0 bridgehead atoms. The van der Waals surface area contributed by atoms with Gasteiger partial charge in [-0.3, -0.25) is 0 Å². The molecule has 88 valence electrons. The fraction of sp³-hybridized carbons (Fsp3) is 0. The van der Waals surface area contributed by atoms with E-state index in [9.17, 15) is 4.39 Å². The van der Waals surface area contributed by atoms with Crippen LogP contribution in [-0.2, 0) is 0 Å². The second kappa shape index (κ2) is 5.22. The van der Waals surface area contributed by atoms with Crippen LogP contribution in [0.2, 0.25) is 0 Å². The van der Waals surface area contributed by atoms with Crippen molar-refractivity contribution in [3.63, 3.8) is 0 Å². The monoisotopic (exact) mass is 407 g/mol. The van der Waals surface area contributed by atoms with Gasteiger partial charge >= 0.3 is 0 Å². The molecular formula is C12H8BrFINO. The Kier molecular flexibility index (Phi) is 3.88. The molecule has 0 fully saturated rings. The average Bonchev–Trinajstić information content (AvgIpc) is 2.27. The molecule has 0 amide bonds. The molecule has 0 atom stereocenters. The lowest BCUT2D eigenvalue weighted by Crippen LogP contribution is -1.94. The predicted octanol–water partition coefficient (Wildman–Crippen LogP) is 4.57. The van der Waals surface area contributed by atoms with Gasteiger partial charge in [0.25, 0.3) is 0 Å². The first kappa shape index (κ1) is 12.6. The largest absolute Gasteiger partial charge is 0.452 e. The van der Waals surface area contributed by atoms with Gasteiger partial charge in [-0.25, -0.2) is 4.39 Å². The molecule has 0 saturated carbocycles. The minimum Gasteiger partial charge on any atom is -0.452 e. The number of hydrogen-bond donors (Lipinski definition) is 1. The van der Waals surface area contributed by atoms with Gasteiger partial charge < -0.3 is 10.5 Å². The van der Waals surface area contributed by atoms with Crippen LogP contribution in [0, 0.1) is 9.39 Å². The van der Waals surface area contributed by atoms with Crippen molar-refractivity contribution in [2.75, 3.05) is 5.73 Å². The summed E-state index contributed by atoms with van der Waals surface area (Å²) in [5.74, 6) is 0.167. The molecule has 2 nitrogen and oxygen atoms in total. The molecule has 2 aromatic rings. The number of nitrogens with two attached hydrogens (primary N) is 1. The summed E-state index contributed by atoms with van der Waals surface area (Å²) in [6, 6.07) is 9.85. The molecule has 0 heterocycles. The maximum Gasteiger partial charge on any atom is 0.165 e. The zero-order valence-electron chi connectivity index (χ0n) is 8.58. The number of ether oxygens (including phenoxy) is 1. The van der Waals surface area contributed by atoms with Crippen molar-refractivity contribution in [1.29, 1.82) is 0 Å². The number of anilines is 1. The maximum atomic E-state index is 13.5. The molecule has 0 radical (unpaired) electrons. The predicted molar refractivity (Wildman–Crippen MR) is 77.7 cm³/mol. The smallest absolute Gasteiger partial charge is 0.165 e. The molecule has 2 aromatic carbocycles. The number of halogens is 3. The van der Waals surface area contributed by atoms with Crippen molar-refractivity contribution in [3.05, 3.63) is 50.3 Å². The van der Waals surface area contributed by atoms with E-state index in [-0.39, 0.29) is 5.75 Å². The second-order valence-corrected chi connectivity index (χ2v) is 5.52. The molecular weight excluding hydrogens is 400 g/mol. The Balaban J connectivity index is 2.34. The summed E-state index contributed by atoms with van der Waals surface area (Å²) in [7, 11) is 0. The van der Waals surface area contributed by atoms with E-state index in [1.807, 2.05) is 6.07 Å². The van der Waals surface area contributed by atoms with Crippen molar-refractivity contribution in [3.8, 4) is 11.5 Å². The highest BCUT2D eigenvalue weighted by Crippen LogP contribution is 2.31. The molecule has 2 N–H and O–H groups in total. The Morgan fingerprint density at radius 3 is 2.59 bits per heavy atom. The number of benzene rings is 2. The SMILES string of the molecule is Nc1cc(I)ccc1Oc1cc(Br)ccc1F. The molecule has 5 heteroatoms. The van der Waals surface area contributed by atoms with Crippen molar-refractivity contribution < 1.29 is 9.13 Å². The third-order valence-electron chi connectivity index (χ3n) is 2.08. The summed E-state index contributed by atoms with van der Waals surface area (Å²) < 4.78 is 20.7. The normalized spacial score (nSPS) is 10.3. The zero-order valence-corrected chi connectivity index (χ0v) is 12.3. The summed E-state index contributed by atoms with van der Waals surface area (Å²) >= 11 is 5.41. The van der Waals surface area contributed by atoms with Gasteiger partial charge in [0.1, 0.15) is 0 Å². The summed E-state index contributed by atoms with van der Waals surface area (Å²) in [6.45, 7) is 0. The lowest BCUT2D eigenvalue weighted by Gasteiger charge is -2.09. The molecule has 0 spiro atoms. The van der Waals surface area contributed by atoms with Crippen LogP contribution in [0.1, 0.15) is 0 Å². The summed E-state index contributed by atoms with van der Waals surface area (Å²) in [6.07, 6.45) is 0. The van der Waals surface area contributed by atoms with Crippen molar-refractivity contribution >= 4 is 44.2 Å². The molecule has 0 aromatic heterocycles. The first-order valence-corrected chi connectivity index (χ1v) is 6.61. The van der Waals surface area contributed by atoms with Gasteiger partial charge in [0.2, 0.25) is 0 Å². The highest BCUT2D eigenvalue weighted by Gasteiger charge is 2.08. The highest BCUT2D eigenvalue weighted by atomic mass is 127. The van der Waals surface area contributed by atoms with Gasteiger partial charge in [-0.05, 0) is 59.0 Å². The second-order valence-electron chi connectivity index (χ2n) is 3.36. The molecule has 2 rings (SSSR count). The van der Waals surface area contributed by atoms with Crippen LogP contribution in [0.15, 0.2) is 40.9 Å². The topological polar surface area (TPSA) is 35.2 Å². The Morgan fingerprint density at radius 2 is 1.88 bits per heavy atom. The number of hydrogen-bond acceptors (Lipinski definition) is 2. The minimum atomic E-state index is -0.425. The number of rotatable bonds is 2. The van der Waals surface area contributed by atoms with E-state index >= 15 is 0 Å². The Morgan fingerprint density at radius 1 is 1.12 bits per heavy atom. The molecule has 0 aliphatic carbocycles. The van der Waals surface area contributed by atoms with Crippen LogP contribution in [0.25, 0.3) is 0 Å². The van der Waals surface area contributed by atoms with Crippen molar-refractivity contribution in [1.82, 2.24) is 0 Å². The lowest BCUT2D eigenvalue weighted by molar-refractivity contribution is 0.443. The van der Waals surface area contributed by atoms with Gasteiger partial charge in [0, 0.05) is 8.04 Å². The molecule has 17 heavy (non-hydrogen) atoms. The standard InChI is InChI=1S/C12H8BrFINO/c13-7-1-3-9(14)12(5-7)17-11-4-2-8(15)6-10(11)16/h1-6H,16H2. The van der Waals surface area contributed by atoms with E-state index < -0.39 is 5.82 Å². The highest BCUT2D eigenvalue weighted by molar-refractivity contribution is 14.1. The van der Waals surface area contributed by atoms with Crippen LogP contribution >= 0.6 is 38.5 Å². The van der Waals surface area contributed by atoms with Crippen LogP contribution in [0.5, 0.6) is 11.5 Å². The Labute approximate surface area is 120 Å². The van der Waals surface area contributed by atoms with Crippen LogP contribution < -0.4 is 10.5 Å². The van der Waals surface area contributed by atoms with E-state index in [0.717, 1.165) is 8.04 Å². The van der Waals surface area contributed by atoms with Crippen molar-refractivity contribution in [2.24, 2.45) is 0 Å². The molecule has 0 aliphatic heterocycles. The maximum absolute atomic E-state index is 13.5. The minimum absolute atomic E-state index is 0.146. The summed E-state index contributed by atoms with van der Waals surface area (Å²) in [4.78, 5) is 0. The van der Waals surface area contributed by atoms with Gasteiger partial charge in [0.15, 0.2) is 17.3 Å². The average molecular weight is 408 g/mol. The van der Waals surface area contributed by atoms with Gasteiger partial charge in [-0.1, -0.05) is 15.9 Å². The first-order chi connectivity index (χ1) is 8.06. The van der Waals surface area contributed by atoms with E-state index in [2.05, 4.69) is 38.5 Å². The molecule has 0 aliphatic rings. The van der Waals surface area contributed by atoms with Crippen LogP contribution in [0.4, 0.5) is 10.1 Å². The summed E-state index contributed by atoms with van der Waals surface area (Å²) in [5.41, 5.74) is 6.28. The summed E-state index contributed by atoms with van der Waals surface area (Å²) in [5, 5.41) is 0. The van der Waals surface area contributed by atoms with Crippen LogP contribution in [-0.4, -0.2) is 0 Å². The van der Waals surface area contributed by atoms with Gasteiger partial charge in [0.05, 0.1) is 5.69 Å². The van der Waals surface area contributed by atoms with Crippen LogP contribution in [0.3, 0.4) is 0 Å².